The molecule has 0 unspecified atom stereocenters. The summed E-state index contributed by atoms with van der Waals surface area (Å²) in [7, 11) is 1.65. The summed E-state index contributed by atoms with van der Waals surface area (Å²) >= 11 is 0. The van der Waals surface area contributed by atoms with Crippen molar-refractivity contribution < 1.29 is 35.7 Å². The van der Waals surface area contributed by atoms with Crippen molar-refractivity contribution in [3.05, 3.63) is 54.9 Å². The molecule has 126 valence electrons. The number of imidazole rings is 1. The zero-order valence-corrected chi connectivity index (χ0v) is 15.2. The number of rotatable bonds is 5. The first-order valence-electron chi connectivity index (χ1n) is 7.46. The van der Waals surface area contributed by atoms with Crippen molar-refractivity contribution in [1.82, 2.24) is 4.57 Å². The number of esters is 1. The number of ether oxygens (including phenoxy) is 2. The Kier molecular flexibility index (Phi) is 5.98. The second-order valence-electron chi connectivity index (χ2n) is 5.20. The number of halogens is 1. The number of nitrogens with zero attached hydrogens (tertiary/aromatic N) is 2. The Morgan fingerprint density at radius 2 is 1.92 bits per heavy atom. The summed E-state index contributed by atoms with van der Waals surface area (Å²) in [4.78, 5) is 11.0. The summed E-state index contributed by atoms with van der Waals surface area (Å²) < 4.78 is 14.5. The van der Waals surface area contributed by atoms with Gasteiger partial charge in [-0.05, 0) is 30.3 Å². The maximum atomic E-state index is 11.0. The van der Waals surface area contributed by atoms with Gasteiger partial charge >= 0.3 is 5.97 Å². The molecule has 6 heteroatoms. The van der Waals surface area contributed by atoms with Gasteiger partial charge in [0.25, 0.3) is 5.65 Å². The van der Waals surface area contributed by atoms with Crippen LogP contribution in [0, 0.1) is 0 Å². The van der Waals surface area contributed by atoms with Crippen LogP contribution < -0.4 is 26.1 Å². The van der Waals surface area contributed by atoms with Crippen LogP contribution in [0.5, 0.6) is 5.75 Å². The first-order chi connectivity index (χ1) is 11.2. The topological polar surface area (TPSA) is 44.6 Å². The molecule has 3 aromatic rings. The quantitative estimate of drug-likeness (QED) is 0.434. The normalized spacial score (nSPS) is 10.2. The van der Waals surface area contributed by atoms with Gasteiger partial charge in [0.2, 0.25) is 0 Å². The van der Waals surface area contributed by atoms with Crippen LogP contribution in [0.3, 0.4) is 0 Å². The van der Waals surface area contributed by atoms with E-state index in [-0.39, 0.29) is 23.0 Å². The molecule has 1 aromatic carbocycles. The van der Waals surface area contributed by atoms with Crippen molar-refractivity contribution in [3.63, 3.8) is 0 Å². The summed E-state index contributed by atoms with van der Waals surface area (Å²) in [6, 6.07) is 13.9. The van der Waals surface area contributed by atoms with Crippen molar-refractivity contribution in [2.45, 2.75) is 13.5 Å². The molecule has 0 N–H and O–H groups in total. The average Bonchev–Trinajstić information content (AvgIpc) is 2.93. The molecule has 0 aliphatic heterocycles. The number of aromatic nitrogens is 2. The van der Waals surface area contributed by atoms with Gasteiger partial charge in [-0.1, -0.05) is 6.07 Å². The van der Waals surface area contributed by atoms with Crippen LogP contribution in [0.4, 0.5) is 0 Å². The number of carbonyl (C=O) groups is 1. The van der Waals surface area contributed by atoms with Gasteiger partial charge in [-0.3, -0.25) is 4.79 Å². The van der Waals surface area contributed by atoms with Crippen LogP contribution in [0.2, 0.25) is 0 Å². The second-order valence-corrected chi connectivity index (χ2v) is 5.20. The minimum absolute atomic E-state index is 0. The molecule has 0 aliphatic carbocycles. The van der Waals surface area contributed by atoms with Gasteiger partial charge in [0.1, 0.15) is 25.1 Å². The highest BCUT2D eigenvalue weighted by atomic mass is 79.9. The van der Waals surface area contributed by atoms with E-state index in [2.05, 4.69) is 15.2 Å². The predicted molar refractivity (Wildman–Crippen MR) is 86.2 cm³/mol. The van der Waals surface area contributed by atoms with Gasteiger partial charge in [-0.15, -0.1) is 0 Å². The van der Waals surface area contributed by atoms with Crippen LogP contribution in [0.1, 0.15) is 6.92 Å². The van der Waals surface area contributed by atoms with Crippen LogP contribution in [0.15, 0.2) is 54.9 Å². The molecule has 0 radical (unpaired) electrons. The van der Waals surface area contributed by atoms with E-state index in [0.717, 1.165) is 22.7 Å². The summed E-state index contributed by atoms with van der Waals surface area (Å²) in [6.07, 6.45) is 4.08. The monoisotopic (exact) mass is 390 g/mol. The van der Waals surface area contributed by atoms with E-state index in [0.29, 0.717) is 13.2 Å². The van der Waals surface area contributed by atoms with Gasteiger partial charge in [0.15, 0.2) is 5.69 Å². The largest absolute Gasteiger partial charge is 1.00 e. The summed E-state index contributed by atoms with van der Waals surface area (Å²) in [5.74, 6) is 0.559. The second kappa shape index (κ2) is 7.97. The minimum Gasteiger partial charge on any atom is -1.00 e. The van der Waals surface area contributed by atoms with Gasteiger partial charge in [0.05, 0.1) is 13.3 Å². The molecule has 0 bridgehead atoms. The lowest BCUT2D eigenvalue weighted by Crippen LogP contribution is -3.00. The molecule has 2 heterocycles. The Hall–Kier alpha value is -2.34. The third-order valence-corrected chi connectivity index (χ3v) is 3.70. The summed E-state index contributed by atoms with van der Waals surface area (Å²) in [6.45, 7) is 2.37. The van der Waals surface area contributed by atoms with Crippen molar-refractivity contribution in [2.75, 3.05) is 13.7 Å². The van der Waals surface area contributed by atoms with E-state index in [1.54, 1.807) is 7.11 Å². The van der Waals surface area contributed by atoms with E-state index in [4.69, 9.17) is 9.47 Å². The molecule has 2 aromatic heterocycles. The van der Waals surface area contributed by atoms with E-state index in [1.807, 2.05) is 48.7 Å². The lowest BCUT2D eigenvalue weighted by Gasteiger charge is -2.05. The molecule has 0 saturated carbocycles. The first-order valence-corrected chi connectivity index (χ1v) is 7.46. The van der Waals surface area contributed by atoms with Gasteiger partial charge in [0, 0.05) is 18.6 Å². The van der Waals surface area contributed by atoms with E-state index < -0.39 is 0 Å². The van der Waals surface area contributed by atoms with Crippen molar-refractivity contribution in [2.24, 2.45) is 0 Å². The lowest BCUT2D eigenvalue weighted by molar-refractivity contribution is -0.510. The molecule has 24 heavy (non-hydrogen) atoms. The van der Waals surface area contributed by atoms with Crippen LogP contribution >= 0.6 is 0 Å². The number of methoxy groups -OCH3 is 1. The molecule has 3 rings (SSSR count). The van der Waals surface area contributed by atoms with Crippen LogP contribution in [-0.2, 0) is 16.1 Å². The Balaban J connectivity index is 0.00000208. The fourth-order valence-electron chi connectivity index (χ4n) is 2.62. The molecule has 0 amide bonds. The number of hydrogen-bond donors (Lipinski definition) is 0. The van der Waals surface area contributed by atoms with Crippen LogP contribution in [0.25, 0.3) is 16.9 Å². The Labute approximate surface area is 151 Å². The van der Waals surface area contributed by atoms with E-state index in [9.17, 15) is 4.79 Å². The highest BCUT2D eigenvalue weighted by Crippen LogP contribution is 2.23. The van der Waals surface area contributed by atoms with Crippen molar-refractivity contribution in [3.8, 4) is 17.0 Å². The average molecular weight is 391 g/mol. The SMILES string of the molecule is COc1ccc(-c2c[n+]3ccccc3n2CCOC(C)=O)cc1.[Br-]. The molecular weight excluding hydrogens is 372 g/mol. The minimum atomic E-state index is -0.264. The van der Waals surface area contributed by atoms with E-state index in [1.165, 1.54) is 6.92 Å². The highest BCUT2D eigenvalue weighted by molar-refractivity contribution is 5.66. The Morgan fingerprint density at radius 1 is 1.17 bits per heavy atom. The maximum absolute atomic E-state index is 11.0. The van der Waals surface area contributed by atoms with Crippen molar-refractivity contribution >= 4 is 11.6 Å². The first kappa shape index (κ1) is 18.0. The molecule has 0 saturated heterocycles. The number of benzene rings is 1. The maximum Gasteiger partial charge on any atom is 0.302 e. The van der Waals surface area contributed by atoms with Gasteiger partial charge in [-0.25, -0.2) is 8.97 Å². The predicted octanol–water partition coefficient (Wildman–Crippen LogP) is -0.530. The summed E-state index contributed by atoms with van der Waals surface area (Å²) in [5, 5.41) is 0. The number of fused-ring (bicyclic) bond motifs is 1. The Bertz CT molecular complexity index is 828. The third kappa shape index (κ3) is 3.76. The third-order valence-electron chi connectivity index (χ3n) is 3.70. The Morgan fingerprint density at radius 3 is 2.58 bits per heavy atom. The molecule has 0 spiro atoms. The van der Waals surface area contributed by atoms with Gasteiger partial charge < -0.3 is 26.5 Å². The zero-order chi connectivity index (χ0) is 16.2. The fraction of sp³-hybridized carbons (Fsp3) is 0.222. The van der Waals surface area contributed by atoms with Crippen LogP contribution in [-0.4, -0.2) is 24.3 Å². The fourth-order valence-corrected chi connectivity index (χ4v) is 2.62. The standard InChI is InChI=1S/C18H19N2O3.BrH/c1-14(21)23-12-11-20-17(13-19-10-4-3-5-18(19)20)15-6-8-16(22-2)9-7-15;/h3-10,13H,11-12H2,1-2H3;1H/q+1;/p-1. The molecule has 0 fully saturated rings. The smallest absolute Gasteiger partial charge is 0.302 e. The van der Waals surface area contributed by atoms with E-state index >= 15 is 0 Å². The lowest BCUT2D eigenvalue weighted by atomic mass is 10.1. The highest BCUT2D eigenvalue weighted by Gasteiger charge is 2.18. The molecule has 5 nitrogen and oxygen atoms in total. The zero-order valence-electron chi connectivity index (χ0n) is 13.6. The number of pyridine rings is 1. The van der Waals surface area contributed by atoms with Gasteiger partial charge in [-0.2, -0.15) is 0 Å². The molecule has 0 atom stereocenters. The molecule has 0 aliphatic rings. The molecular formula is C18H19BrN2O3. The number of hydrogen-bond acceptors (Lipinski definition) is 3. The number of carbonyl (C=O) groups excluding carboxylic acids is 1. The van der Waals surface area contributed by atoms with Crippen molar-refractivity contribution in [1.29, 1.82) is 0 Å². The summed E-state index contributed by atoms with van der Waals surface area (Å²) in [5.41, 5.74) is 3.19.